The Hall–Kier alpha value is -2.39. The fraction of sp³-hybridized carbons (Fsp3) is 0.381. The van der Waals surface area contributed by atoms with E-state index in [0.717, 1.165) is 46.7 Å². The van der Waals surface area contributed by atoms with Gasteiger partial charge in [-0.15, -0.1) is 0 Å². The van der Waals surface area contributed by atoms with Crippen LogP contribution in [0.2, 0.25) is 0 Å². The van der Waals surface area contributed by atoms with Gasteiger partial charge in [-0.25, -0.2) is 9.97 Å². The maximum absolute atomic E-state index is 12.3. The summed E-state index contributed by atoms with van der Waals surface area (Å²) in [6.45, 7) is 2.75. The second kappa shape index (κ2) is 11.7. The van der Waals surface area contributed by atoms with Crippen molar-refractivity contribution in [1.29, 1.82) is 0 Å². The summed E-state index contributed by atoms with van der Waals surface area (Å²) in [5, 5.41) is 3.17. The zero-order valence-electron chi connectivity index (χ0n) is 17.2. The zero-order valence-corrected chi connectivity index (χ0v) is 18.9. The number of ether oxygens (including phenoxy) is 1. The van der Waals surface area contributed by atoms with Gasteiger partial charge in [-0.3, -0.25) is 9.78 Å². The minimum absolute atomic E-state index is 0.0719. The van der Waals surface area contributed by atoms with Crippen molar-refractivity contribution in [3.63, 3.8) is 0 Å². The van der Waals surface area contributed by atoms with Crippen LogP contribution in [-0.4, -0.2) is 45.1 Å². The zero-order chi connectivity index (χ0) is 21.2. The molecule has 3 aromatic rings. The van der Waals surface area contributed by atoms with E-state index < -0.39 is 0 Å². The van der Waals surface area contributed by atoms with Crippen molar-refractivity contribution in [2.24, 2.45) is 0 Å². The van der Waals surface area contributed by atoms with E-state index in [4.69, 9.17) is 4.74 Å². The lowest BCUT2D eigenvalue weighted by molar-refractivity contribution is 0.414. The van der Waals surface area contributed by atoms with Crippen molar-refractivity contribution in [2.75, 3.05) is 30.5 Å². The van der Waals surface area contributed by atoms with Crippen LogP contribution in [0.15, 0.2) is 41.6 Å². The highest BCUT2D eigenvalue weighted by atomic mass is 32.2. The number of aryl methyl sites for hydroxylation is 2. The Balaban J connectivity index is 1.34. The fourth-order valence-electron chi connectivity index (χ4n) is 2.73. The summed E-state index contributed by atoms with van der Waals surface area (Å²) in [5.74, 6) is 4.93. The minimum atomic E-state index is -0.0719. The second-order valence-corrected chi connectivity index (χ2v) is 8.90. The molecule has 3 N–H and O–H groups in total. The molecule has 2 heterocycles. The van der Waals surface area contributed by atoms with E-state index in [-0.39, 0.29) is 5.56 Å². The third-order valence-electron chi connectivity index (χ3n) is 4.53. The quantitative estimate of drug-likeness (QED) is 0.366. The molecule has 0 saturated carbocycles. The van der Waals surface area contributed by atoms with Gasteiger partial charge in [0.2, 0.25) is 5.95 Å². The average molecular weight is 446 g/mol. The normalized spacial score (nSPS) is 10.9. The number of aromatic amines is 2. The standard InChI is InChI=1S/C21H27N5O2S2/c1-15-19(25-14-24-15)13-30-10-8-22-21-23-11-17(20(27)26-21)7-9-29-12-16-3-5-18(28-2)6-4-16/h3-6,11,14H,7-10,12-13H2,1-2H3,(H,24,25)(H2,22,23,26,27). The first-order chi connectivity index (χ1) is 14.7. The van der Waals surface area contributed by atoms with Gasteiger partial charge in [0.15, 0.2) is 0 Å². The summed E-state index contributed by atoms with van der Waals surface area (Å²) in [6.07, 6.45) is 4.09. The van der Waals surface area contributed by atoms with Gasteiger partial charge in [-0.1, -0.05) is 12.1 Å². The summed E-state index contributed by atoms with van der Waals surface area (Å²) >= 11 is 3.59. The van der Waals surface area contributed by atoms with Gasteiger partial charge in [0.05, 0.1) is 19.1 Å². The number of imidazole rings is 1. The van der Waals surface area contributed by atoms with E-state index in [9.17, 15) is 4.79 Å². The molecule has 1 aromatic carbocycles. The van der Waals surface area contributed by atoms with E-state index in [1.807, 2.05) is 19.1 Å². The number of nitrogens with one attached hydrogen (secondary N) is 3. The molecule has 9 heteroatoms. The lowest BCUT2D eigenvalue weighted by atomic mass is 10.2. The number of nitrogens with zero attached hydrogens (tertiary/aromatic N) is 2. The van der Waals surface area contributed by atoms with Crippen molar-refractivity contribution >= 4 is 29.5 Å². The molecule has 0 amide bonds. The minimum Gasteiger partial charge on any atom is -0.497 e. The Morgan fingerprint density at radius 3 is 2.60 bits per heavy atom. The number of thioether (sulfide) groups is 2. The van der Waals surface area contributed by atoms with E-state index in [1.165, 1.54) is 5.56 Å². The van der Waals surface area contributed by atoms with E-state index in [0.29, 0.717) is 17.9 Å². The molecule has 0 spiro atoms. The van der Waals surface area contributed by atoms with Crippen LogP contribution >= 0.6 is 23.5 Å². The van der Waals surface area contributed by atoms with Gasteiger partial charge < -0.3 is 15.0 Å². The van der Waals surface area contributed by atoms with Crippen LogP contribution in [0.3, 0.4) is 0 Å². The number of anilines is 1. The Kier molecular flexibility index (Phi) is 8.70. The molecule has 3 rings (SSSR count). The van der Waals surface area contributed by atoms with Gasteiger partial charge in [0.1, 0.15) is 5.75 Å². The Morgan fingerprint density at radius 1 is 1.10 bits per heavy atom. The Labute approximate surface area is 184 Å². The SMILES string of the molecule is COc1ccc(CSCCc2cnc(NCCSCc3nc[nH]c3C)[nH]c2=O)cc1. The predicted molar refractivity (Wildman–Crippen MR) is 126 cm³/mol. The molecule has 160 valence electrons. The summed E-state index contributed by atoms with van der Waals surface area (Å²) in [4.78, 5) is 26.8. The molecule has 0 radical (unpaired) electrons. The van der Waals surface area contributed by atoms with Gasteiger partial charge in [-0.2, -0.15) is 23.5 Å². The van der Waals surface area contributed by atoms with Crippen LogP contribution in [0.25, 0.3) is 0 Å². The number of aromatic nitrogens is 4. The van der Waals surface area contributed by atoms with Crippen LogP contribution in [0.5, 0.6) is 5.75 Å². The highest BCUT2D eigenvalue weighted by Crippen LogP contribution is 2.17. The molecular weight excluding hydrogens is 418 g/mol. The Morgan fingerprint density at radius 2 is 1.90 bits per heavy atom. The summed E-state index contributed by atoms with van der Waals surface area (Å²) < 4.78 is 5.17. The van der Waals surface area contributed by atoms with Crippen molar-refractivity contribution in [3.05, 3.63) is 69.7 Å². The first kappa shape index (κ1) is 22.3. The highest BCUT2D eigenvalue weighted by Gasteiger charge is 2.04. The molecule has 0 saturated heterocycles. The molecule has 0 unspecified atom stereocenters. The number of H-pyrrole nitrogens is 2. The molecular formula is C21H27N5O2S2. The van der Waals surface area contributed by atoms with Crippen molar-refractivity contribution < 1.29 is 4.74 Å². The Bertz CT molecular complexity index is 972. The molecule has 30 heavy (non-hydrogen) atoms. The fourth-order valence-corrected chi connectivity index (χ4v) is 4.54. The number of hydrogen-bond acceptors (Lipinski definition) is 7. The molecule has 0 bridgehead atoms. The maximum Gasteiger partial charge on any atom is 0.255 e. The first-order valence-electron chi connectivity index (χ1n) is 9.75. The monoisotopic (exact) mass is 445 g/mol. The maximum atomic E-state index is 12.3. The molecule has 0 aliphatic heterocycles. The van der Waals surface area contributed by atoms with Gasteiger partial charge >= 0.3 is 0 Å². The molecule has 0 aliphatic carbocycles. The number of benzene rings is 1. The largest absolute Gasteiger partial charge is 0.497 e. The second-order valence-electron chi connectivity index (χ2n) is 6.69. The third kappa shape index (κ3) is 6.84. The van der Waals surface area contributed by atoms with Crippen molar-refractivity contribution in [2.45, 2.75) is 24.9 Å². The van der Waals surface area contributed by atoms with E-state index in [2.05, 4.69) is 37.4 Å². The van der Waals surface area contributed by atoms with Crippen LogP contribution < -0.4 is 15.6 Å². The molecule has 0 aliphatic rings. The molecule has 2 aromatic heterocycles. The molecule has 0 fully saturated rings. The van der Waals surface area contributed by atoms with Crippen LogP contribution in [0.4, 0.5) is 5.95 Å². The molecule has 0 atom stereocenters. The van der Waals surface area contributed by atoms with Crippen LogP contribution in [-0.2, 0) is 17.9 Å². The van der Waals surface area contributed by atoms with Crippen molar-refractivity contribution in [3.8, 4) is 5.75 Å². The topological polar surface area (TPSA) is 95.7 Å². The lowest BCUT2D eigenvalue weighted by Crippen LogP contribution is -2.18. The highest BCUT2D eigenvalue weighted by molar-refractivity contribution is 7.98. The summed E-state index contributed by atoms with van der Waals surface area (Å²) in [6, 6.07) is 8.06. The van der Waals surface area contributed by atoms with Crippen LogP contribution in [0, 0.1) is 6.92 Å². The summed E-state index contributed by atoms with van der Waals surface area (Å²) in [5.41, 5.74) is 4.08. The number of rotatable bonds is 12. The van der Waals surface area contributed by atoms with Gasteiger partial charge in [0, 0.05) is 41.3 Å². The number of methoxy groups -OCH3 is 1. The predicted octanol–water partition coefficient (Wildman–Crippen LogP) is 3.63. The van der Waals surface area contributed by atoms with E-state index in [1.54, 1.807) is 43.2 Å². The third-order valence-corrected chi connectivity index (χ3v) is 6.53. The smallest absolute Gasteiger partial charge is 0.255 e. The van der Waals surface area contributed by atoms with Crippen molar-refractivity contribution in [1.82, 2.24) is 19.9 Å². The van der Waals surface area contributed by atoms with Crippen LogP contribution in [0.1, 0.15) is 22.5 Å². The van der Waals surface area contributed by atoms with E-state index >= 15 is 0 Å². The average Bonchev–Trinajstić information content (AvgIpc) is 3.17. The van der Waals surface area contributed by atoms with Gasteiger partial charge in [0.25, 0.3) is 5.56 Å². The lowest BCUT2D eigenvalue weighted by Gasteiger charge is -2.07. The first-order valence-corrected chi connectivity index (χ1v) is 12.1. The summed E-state index contributed by atoms with van der Waals surface area (Å²) in [7, 11) is 1.67. The van der Waals surface area contributed by atoms with Gasteiger partial charge in [-0.05, 0) is 36.8 Å². The number of hydrogen-bond donors (Lipinski definition) is 3. The molecule has 7 nitrogen and oxygen atoms in total.